The van der Waals surface area contributed by atoms with E-state index in [-0.39, 0.29) is 0 Å². The zero-order valence-corrected chi connectivity index (χ0v) is 13.1. The molecule has 0 heterocycles. The lowest BCUT2D eigenvalue weighted by atomic mass is 10.1. The molecule has 0 saturated heterocycles. The molecule has 0 aromatic heterocycles. The van der Waals surface area contributed by atoms with Gasteiger partial charge in [0.15, 0.2) is 0 Å². The lowest BCUT2D eigenvalue weighted by molar-refractivity contribution is 1.59. The Bertz CT molecular complexity index is 526. The second-order valence-electron chi connectivity index (χ2n) is 5.28. The van der Waals surface area contributed by atoms with Crippen molar-refractivity contribution in [2.45, 2.75) is 19.6 Å². The SMILES string of the molecule is C[Si](C)(C)c1ccccc1-c1ccccc1Br. The fourth-order valence-electron chi connectivity index (χ4n) is 2.05. The average Bonchev–Trinajstić information content (AvgIpc) is 2.28. The van der Waals surface area contributed by atoms with E-state index >= 15 is 0 Å². The van der Waals surface area contributed by atoms with E-state index in [9.17, 15) is 0 Å². The topological polar surface area (TPSA) is 0 Å². The van der Waals surface area contributed by atoms with Crippen molar-refractivity contribution >= 4 is 29.2 Å². The van der Waals surface area contributed by atoms with Gasteiger partial charge in [0, 0.05) is 4.47 Å². The monoisotopic (exact) mass is 304 g/mol. The zero-order valence-electron chi connectivity index (χ0n) is 10.5. The third kappa shape index (κ3) is 2.69. The van der Waals surface area contributed by atoms with Gasteiger partial charge in [-0.3, -0.25) is 0 Å². The van der Waals surface area contributed by atoms with Gasteiger partial charge in [-0.05, 0) is 17.2 Å². The zero-order chi connectivity index (χ0) is 12.5. The van der Waals surface area contributed by atoms with Crippen LogP contribution in [-0.2, 0) is 0 Å². The van der Waals surface area contributed by atoms with Crippen molar-refractivity contribution in [2.24, 2.45) is 0 Å². The second-order valence-corrected chi connectivity index (χ2v) is 11.2. The van der Waals surface area contributed by atoms with Crippen molar-refractivity contribution in [3.8, 4) is 11.1 Å². The highest BCUT2D eigenvalue weighted by Gasteiger charge is 2.20. The normalized spacial score (nSPS) is 11.5. The fraction of sp³-hybridized carbons (Fsp3) is 0.200. The van der Waals surface area contributed by atoms with Crippen molar-refractivity contribution < 1.29 is 0 Å². The minimum absolute atomic E-state index is 1.17. The summed E-state index contributed by atoms with van der Waals surface area (Å²) in [4.78, 5) is 0. The van der Waals surface area contributed by atoms with Crippen molar-refractivity contribution in [1.82, 2.24) is 0 Å². The number of halogens is 1. The van der Waals surface area contributed by atoms with Gasteiger partial charge in [-0.2, -0.15) is 0 Å². The van der Waals surface area contributed by atoms with Gasteiger partial charge in [-0.25, -0.2) is 0 Å². The van der Waals surface area contributed by atoms with E-state index in [0.717, 1.165) is 0 Å². The first-order valence-corrected chi connectivity index (χ1v) is 10.1. The Morgan fingerprint density at radius 1 is 0.765 bits per heavy atom. The van der Waals surface area contributed by atoms with Crippen molar-refractivity contribution in [3.63, 3.8) is 0 Å². The Labute approximate surface area is 113 Å². The Balaban J connectivity index is 2.65. The van der Waals surface area contributed by atoms with E-state index in [1.54, 1.807) is 0 Å². The maximum atomic E-state index is 3.65. The van der Waals surface area contributed by atoms with Crippen LogP contribution in [0, 0.1) is 0 Å². The van der Waals surface area contributed by atoms with Crippen LogP contribution in [-0.4, -0.2) is 8.07 Å². The van der Waals surface area contributed by atoms with E-state index in [1.165, 1.54) is 20.8 Å². The van der Waals surface area contributed by atoms with E-state index in [0.29, 0.717) is 0 Å². The molecule has 0 unspecified atom stereocenters. The predicted octanol–water partition coefficient (Wildman–Crippen LogP) is 4.66. The largest absolute Gasteiger partial charge is 0.0784 e. The number of benzene rings is 2. The minimum atomic E-state index is -1.30. The number of hydrogen-bond acceptors (Lipinski definition) is 0. The van der Waals surface area contributed by atoms with E-state index < -0.39 is 8.07 Å². The van der Waals surface area contributed by atoms with Crippen molar-refractivity contribution in [2.75, 3.05) is 0 Å². The first-order valence-electron chi connectivity index (χ1n) is 5.84. The van der Waals surface area contributed by atoms with Crippen LogP contribution in [0.5, 0.6) is 0 Å². The van der Waals surface area contributed by atoms with Gasteiger partial charge in [0.1, 0.15) is 0 Å². The molecule has 0 spiro atoms. The van der Waals surface area contributed by atoms with Gasteiger partial charge in [-0.15, -0.1) is 0 Å². The molecule has 0 radical (unpaired) electrons. The lowest BCUT2D eigenvalue weighted by Gasteiger charge is -2.21. The molecule has 2 aromatic rings. The molecule has 0 aliphatic carbocycles. The summed E-state index contributed by atoms with van der Waals surface area (Å²) in [5, 5.41) is 1.52. The lowest BCUT2D eigenvalue weighted by Crippen LogP contribution is -2.38. The molecule has 0 nitrogen and oxygen atoms in total. The van der Waals surface area contributed by atoms with Gasteiger partial charge in [0.25, 0.3) is 0 Å². The summed E-state index contributed by atoms with van der Waals surface area (Å²) in [5.41, 5.74) is 2.67. The van der Waals surface area contributed by atoms with Crippen LogP contribution in [0.1, 0.15) is 0 Å². The molecule has 2 heteroatoms. The van der Waals surface area contributed by atoms with E-state index in [2.05, 4.69) is 84.1 Å². The Hall–Kier alpha value is -0.863. The van der Waals surface area contributed by atoms with Gasteiger partial charge in [-0.1, -0.05) is 83.2 Å². The van der Waals surface area contributed by atoms with Crippen LogP contribution < -0.4 is 5.19 Å². The molecule has 0 N–H and O–H groups in total. The highest BCUT2D eigenvalue weighted by Crippen LogP contribution is 2.27. The van der Waals surface area contributed by atoms with Crippen LogP contribution in [0.15, 0.2) is 53.0 Å². The molecule has 0 aliphatic heterocycles. The van der Waals surface area contributed by atoms with Crippen LogP contribution in [0.3, 0.4) is 0 Å². The summed E-state index contributed by atoms with van der Waals surface area (Å²) in [6, 6.07) is 17.2. The van der Waals surface area contributed by atoms with Crippen LogP contribution >= 0.6 is 15.9 Å². The van der Waals surface area contributed by atoms with Crippen molar-refractivity contribution in [3.05, 3.63) is 53.0 Å². The molecule has 88 valence electrons. The molecule has 0 aliphatic rings. The standard InChI is InChI=1S/C15H17BrSi/c1-17(2,3)15-11-7-5-9-13(15)12-8-4-6-10-14(12)16/h4-11H,1-3H3. The molecular formula is C15H17BrSi. The molecule has 0 fully saturated rings. The Morgan fingerprint density at radius 2 is 1.29 bits per heavy atom. The summed E-state index contributed by atoms with van der Waals surface area (Å²) < 4.78 is 1.17. The first kappa shape index (κ1) is 12.6. The van der Waals surface area contributed by atoms with E-state index in [4.69, 9.17) is 0 Å². The highest BCUT2D eigenvalue weighted by atomic mass is 79.9. The number of hydrogen-bond donors (Lipinski definition) is 0. The maximum Gasteiger partial charge on any atom is 0.0784 e. The highest BCUT2D eigenvalue weighted by molar-refractivity contribution is 9.10. The van der Waals surface area contributed by atoms with E-state index in [1.807, 2.05) is 0 Å². The molecule has 0 bridgehead atoms. The van der Waals surface area contributed by atoms with Crippen LogP contribution in [0.2, 0.25) is 19.6 Å². The summed E-state index contributed by atoms with van der Waals surface area (Å²) >= 11 is 3.65. The maximum absolute atomic E-state index is 3.65. The molecule has 0 atom stereocenters. The summed E-state index contributed by atoms with van der Waals surface area (Å²) in [7, 11) is -1.30. The van der Waals surface area contributed by atoms with Gasteiger partial charge in [0.05, 0.1) is 8.07 Å². The first-order chi connectivity index (χ1) is 8.00. The predicted molar refractivity (Wildman–Crippen MR) is 82.6 cm³/mol. The molecule has 17 heavy (non-hydrogen) atoms. The molecule has 2 rings (SSSR count). The number of rotatable bonds is 2. The minimum Gasteiger partial charge on any atom is -0.0656 e. The second kappa shape index (κ2) is 4.79. The quantitative estimate of drug-likeness (QED) is 0.708. The molecular weight excluding hydrogens is 288 g/mol. The van der Waals surface area contributed by atoms with Crippen LogP contribution in [0.25, 0.3) is 11.1 Å². The van der Waals surface area contributed by atoms with Crippen LogP contribution in [0.4, 0.5) is 0 Å². The van der Waals surface area contributed by atoms with Crippen molar-refractivity contribution in [1.29, 1.82) is 0 Å². The third-order valence-electron chi connectivity index (χ3n) is 2.90. The van der Waals surface area contributed by atoms with Gasteiger partial charge >= 0.3 is 0 Å². The molecule has 0 amide bonds. The summed E-state index contributed by atoms with van der Waals surface area (Å²) in [6.07, 6.45) is 0. The third-order valence-corrected chi connectivity index (χ3v) is 5.64. The molecule has 2 aromatic carbocycles. The summed E-state index contributed by atoms with van der Waals surface area (Å²) in [6.45, 7) is 7.17. The molecule has 0 saturated carbocycles. The summed E-state index contributed by atoms with van der Waals surface area (Å²) in [5.74, 6) is 0. The smallest absolute Gasteiger partial charge is 0.0656 e. The van der Waals surface area contributed by atoms with Gasteiger partial charge < -0.3 is 0 Å². The Kier molecular flexibility index (Phi) is 3.55. The Morgan fingerprint density at radius 3 is 1.88 bits per heavy atom. The van der Waals surface area contributed by atoms with Gasteiger partial charge in [0.2, 0.25) is 0 Å². The fourth-order valence-corrected chi connectivity index (χ4v) is 4.17. The average molecular weight is 305 g/mol.